The van der Waals surface area contributed by atoms with Crippen LogP contribution in [0.1, 0.15) is 5.69 Å². The first-order chi connectivity index (χ1) is 5.88. The van der Waals surface area contributed by atoms with Crippen molar-refractivity contribution in [3.8, 4) is 5.69 Å². The molecule has 0 saturated carbocycles. The highest BCUT2D eigenvalue weighted by Crippen LogP contribution is 2.07. The third kappa shape index (κ3) is 1.07. The molecule has 0 bridgehead atoms. The normalized spacial score (nSPS) is 10.1. The maximum atomic E-state index is 3.95. The van der Waals surface area contributed by atoms with Gasteiger partial charge in [-0.3, -0.25) is 0 Å². The van der Waals surface area contributed by atoms with Gasteiger partial charge in [0.15, 0.2) is 0 Å². The van der Waals surface area contributed by atoms with E-state index in [4.69, 9.17) is 0 Å². The molecule has 0 radical (unpaired) electrons. The summed E-state index contributed by atoms with van der Waals surface area (Å²) >= 11 is 0. The van der Waals surface area contributed by atoms with E-state index < -0.39 is 0 Å². The minimum Gasteiger partial charge on any atom is -0.304 e. The molecule has 2 aromatic rings. The van der Waals surface area contributed by atoms with E-state index >= 15 is 0 Å². The predicted molar refractivity (Wildman–Crippen MR) is 43.9 cm³/mol. The zero-order valence-corrected chi connectivity index (χ0v) is 6.68. The summed E-state index contributed by atoms with van der Waals surface area (Å²) in [6.45, 7) is 1.92. The highest BCUT2D eigenvalue weighted by Gasteiger charge is 1.98. The Kier molecular flexibility index (Phi) is 1.59. The number of aromatic nitrogens is 4. The minimum atomic E-state index is 0.899. The van der Waals surface area contributed by atoms with Gasteiger partial charge < -0.3 is 4.57 Å². The lowest BCUT2D eigenvalue weighted by atomic mass is 10.3. The SMILES string of the molecule is Cc1nnccc1-n1ccnc1. The molecule has 0 unspecified atom stereocenters. The van der Waals surface area contributed by atoms with Gasteiger partial charge in [0.2, 0.25) is 0 Å². The standard InChI is InChI=1S/C8H8N4/c1-7-8(2-3-10-11-7)12-5-4-9-6-12/h2-6H,1H3. The van der Waals surface area contributed by atoms with E-state index in [9.17, 15) is 0 Å². The van der Waals surface area contributed by atoms with E-state index in [-0.39, 0.29) is 0 Å². The van der Waals surface area contributed by atoms with Gasteiger partial charge in [0.25, 0.3) is 0 Å². The fourth-order valence-electron chi connectivity index (χ4n) is 1.07. The van der Waals surface area contributed by atoms with Gasteiger partial charge in [-0.05, 0) is 13.0 Å². The van der Waals surface area contributed by atoms with Crippen LogP contribution in [0.15, 0.2) is 31.0 Å². The summed E-state index contributed by atoms with van der Waals surface area (Å²) < 4.78 is 1.91. The van der Waals surface area contributed by atoms with Crippen LogP contribution in [0.2, 0.25) is 0 Å². The van der Waals surface area contributed by atoms with Crippen LogP contribution in [-0.2, 0) is 0 Å². The van der Waals surface area contributed by atoms with Crippen molar-refractivity contribution < 1.29 is 0 Å². The molecule has 12 heavy (non-hydrogen) atoms. The zero-order chi connectivity index (χ0) is 8.39. The van der Waals surface area contributed by atoms with Crippen LogP contribution in [0.5, 0.6) is 0 Å². The second kappa shape index (κ2) is 2.73. The first-order valence-corrected chi connectivity index (χ1v) is 3.64. The Balaban J connectivity index is 2.55. The molecular formula is C8H8N4. The monoisotopic (exact) mass is 160 g/mol. The quantitative estimate of drug-likeness (QED) is 0.624. The predicted octanol–water partition coefficient (Wildman–Crippen LogP) is 0.971. The Bertz CT molecular complexity index is 366. The van der Waals surface area contributed by atoms with Crippen molar-refractivity contribution in [3.63, 3.8) is 0 Å². The van der Waals surface area contributed by atoms with Gasteiger partial charge in [0.05, 0.1) is 23.9 Å². The summed E-state index contributed by atoms with van der Waals surface area (Å²) in [5.41, 5.74) is 1.91. The van der Waals surface area contributed by atoms with Crippen molar-refractivity contribution in [2.75, 3.05) is 0 Å². The van der Waals surface area contributed by atoms with Gasteiger partial charge in [0.1, 0.15) is 0 Å². The Hall–Kier alpha value is -1.71. The molecule has 0 aromatic carbocycles. The Labute approximate surface area is 69.9 Å². The molecule has 60 valence electrons. The van der Waals surface area contributed by atoms with Gasteiger partial charge in [-0.25, -0.2) is 4.98 Å². The number of imidazole rings is 1. The molecule has 2 heterocycles. The van der Waals surface area contributed by atoms with Crippen LogP contribution in [0.3, 0.4) is 0 Å². The highest BCUT2D eigenvalue weighted by molar-refractivity contribution is 5.33. The average Bonchev–Trinajstić information content (AvgIpc) is 2.57. The van der Waals surface area contributed by atoms with Gasteiger partial charge in [-0.1, -0.05) is 0 Å². The third-order valence-electron chi connectivity index (χ3n) is 1.66. The maximum Gasteiger partial charge on any atom is 0.0992 e. The van der Waals surface area contributed by atoms with Crippen molar-refractivity contribution in [1.82, 2.24) is 19.7 Å². The summed E-state index contributed by atoms with van der Waals surface area (Å²) in [4.78, 5) is 3.95. The van der Waals surface area contributed by atoms with Gasteiger partial charge in [-0.2, -0.15) is 10.2 Å². The summed E-state index contributed by atoms with van der Waals surface area (Å²) in [6, 6.07) is 1.91. The number of nitrogens with zero attached hydrogens (tertiary/aromatic N) is 4. The third-order valence-corrected chi connectivity index (χ3v) is 1.66. The molecule has 2 rings (SSSR count). The molecule has 0 N–H and O–H groups in total. The molecule has 0 aliphatic heterocycles. The van der Waals surface area contributed by atoms with E-state index in [1.165, 1.54) is 0 Å². The first-order valence-electron chi connectivity index (χ1n) is 3.64. The molecule has 2 aromatic heterocycles. The van der Waals surface area contributed by atoms with Crippen molar-refractivity contribution >= 4 is 0 Å². The summed E-state index contributed by atoms with van der Waals surface area (Å²) in [5, 5.41) is 7.71. The van der Waals surface area contributed by atoms with Crippen LogP contribution in [0.25, 0.3) is 5.69 Å². The molecule has 0 fully saturated rings. The minimum absolute atomic E-state index is 0.899. The Morgan fingerprint density at radius 2 is 2.25 bits per heavy atom. The largest absolute Gasteiger partial charge is 0.304 e. The second-order valence-electron chi connectivity index (χ2n) is 2.47. The van der Waals surface area contributed by atoms with E-state index in [0.717, 1.165) is 11.4 Å². The van der Waals surface area contributed by atoms with Crippen molar-refractivity contribution in [2.45, 2.75) is 6.92 Å². The summed E-state index contributed by atoms with van der Waals surface area (Å²) in [6.07, 6.45) is 7.02. The second-order valence-corrected chi connectivity index (χ2v) is 2.47. The van der Waals surface area contributed by atoms with Gasteiger partial charge in [0, 0.05) is 12.4 Å². The lowest BCUT2D eigenvalue weighted by molar-refractivity contribution is 0.926. The molecule has 0 amide bonds. The van der Waals surface area contributed by atoms with Crippen LogP contribution in [0, 0.1) is 6.92 Å². The molecular weight excluding hydrogens is 152 g/mol. The van der Waals surface area contributed by atoms with Crippen LogP contribution in [0.4, 0.5) is 0 Å². The van der Waals surface area contributed by atoms with E-state index in [0.29, 0.717) is 0 Å². The molecule has 0 spiro atoms. The first kappa shape index (κ1) is 6.97. The molecule has 0 atom stereocenters. The fraction of sp³-hybridized carbons (Fsp3) is 0.125. The molecule has 4 nitrogen and oxygen atoms in total. The van der Waals surface area contributed by atoms with Crippen molar-refractivity contribution in [1.29, 1.82) is 0 Å². The van der Waals surface area contributed by atoms with E-state index in [1.54, 1.807) is 18.7 Å². The molecule has 0 aliphatic rings. The lowest BCUT2D eigenvalue weighted by Crippen LogP contribution is -1.96. The summed E-state index contributed by atoms with van der Waals surface area (Å²) in [7, 11) is 0. The lowest BCUT2D eigenvalue weighted by Gasteiger charge is -2.02. The number of hydrogen-bond acceptors (Lipinski definition) is 3. The Morgan fingerprint density at radius 1 is 1.33 bits per heavy atom. The van der Waals surface area contributed by atoms with Gasteiger partial charge >= 0.3 is 0 Å². The highest BCUT2D eigenvalue weighted by atomic mass is 15.1. The number of rotatable bonds is 1. The van der Waals surface area contributed by atoms with Crippen LogP contribution in [-0.4, -0.2) is 19.7 Å². The van der Waals surface area contributed by atoms with Gasteiger partial charge in [-0.15, -0.1) is 0 Å². The smallest absolute Gasteiger partial charge is 0.0992 e. The zero-order valence-electron chi connectivity index (χ0n) is 6.68. The Morgan fingerprint density at radius 3 is 2.92 bits per heavy atom. The van der Waals surface area contributed by atoms with Crippen molar-refractivity contribution in [3.05, 3.63) is 36.7 Å². The molecule has 4 heteroatoms. The molecule has 0 saturated heterocycles. The number of hydrogen-bond donors (Lipinski definition) is 0. The average molecular weight is 160 g/mol. The topological polar surface area (TPSA) is 43.6 Å². The van der Waals surface area contributed by atoms with Crippen LogP contribution < -0.4 is 0 Å². The van der Waals surface area contributed by atoms with E-state index in [1.807, 2.05) is 23.8 Å². The van der Waals surface area contributed by atoms with E-state index in [2.05, 4.69) is 15.2 Å². The van der Waals surface area contributed by atoms with Crippen LogP contribution >= 0.6 is 0 Å². The maximum absolute atomic E-state index is 3.95. The number of aryl methyl sites for hydroxylation is 1. The molecule has 0 aliphatic carbocycles. The fourth-order valence-corrected chi connectivity index (χ4v) is 1.07. The summed E-state index contributed by atoms with van der Waals surface area (Å²) in [5.74, 6) is 0. The van der Waals surface area contributed by atoms with Crippen molar-refractivity contribution in [2.24, 2.45) is 0 Å².